The van der Waals surface area contributed by atoms with Crippen molar-refractivity contribution in [2.24, 2.45) is 13.0 Å². The first kappa shape index (κ1) is 25.9. The Morgan fingerprint density at radius 1 is 1.05 bits per heavy atom. The van der Waals surface area contributed by atoms with Gasteiger partial charge >= 0.3 is 5.69 Å². The topological polar surface area (TPSA) is 90.9 Å². The van der Waals surface area contributed by atoms with Gasteiger partial charge in [-0.05, 0) is 35.6 Å². The van der Waals surface area contributed by atoms with Crippen LogP contribution in [0.2, 0.25) is 0 Å². The van der Waals surface area contributed by atoms with Crippen molar-refractivity contribution in [1.82, 2.24) is 18.9 Å². The largest absolute Gasteiger partial charge is 0.332 e. The maximum atomic E-state index is 13.5. The number of amides is 1. The molecule has 0 fully saturated rings. The van der Waals surface area contributed by atoms with Gasteiger partial charge < -0.3 is 5.32 Å². The second kappa shape index (κ2) is 10.8. The first-order valence-corrected chi connectivity index (χ1v) is 12.5. The summed E-state index contributed by atoms with van der Waals surface area (Å²) < 4.78 is 4.58. The molecule has 0 bridgehead atoms. The number of rotatable bonds is 8. The number of hydrogen-bond acceptors (Lipinski definition) is 4. The van der Waals surface area contributed by atoms with Gasteiger partial charge in [-0.25, -0.2) is 4.79 Å². The fourth-order valence-corrected chi connectivity index (χ4v) is 4.55. The Bertz CT molecular complexity index is 1570. The van der Waals surface area contributed by atoms with E-state index in [1.165, 1.54) is 14.0 Å². The fourth-order valence-electron chi connectivity index (χ4n) is 4.55. The Hall–Kier alpha value is -4.20. The van der Waals surface area contributed by atoms with Crippen LogP contribution < -0.4 is 16.6 Å². The van der Waals surface area contributed by atoms with E-state index in [1.54, 1.807) is 16.7 Å². The maximum absolute atomic E-state index is 13.5. The molecule has 2 heterocycles. The number of nitrogens with one attached hydrogen (secondary N) is 1. The fraction of sp³-hybridized carbons (Fsp3) is 0.310. The number of fused-ring (bicyclic) bond motifs is 1. The van der Waals surface area contributed by atoms with E-state index in [2.05, 4.69) is 30.4 Å². The highest BCUT2D eigenvalue weighted by Crippen LogP contribution is 2.30. The normalized spacial score (nSPS) is 11.9. The van der Waals surface area contributed by atoms with Gasteiger partial charge in [0.05, 0.1) is 12.2 Å². The van der Waals surface area contributed by atoms with Crippen molar-refractivity contribution in [2.45, 2.75) is 47.2 Å². The van der Waals surface area contributed by atoms with Crippen LogP contribution in [0.25, 0.3) is 27.9 Å². The molecule has 0 saturated carbocycles. The molecule has 0 aliphatic carbocycles. The second-order valence-electron chi connectivity index (χ2n) is 9.62. The minimum atomic E-state index is -0.382. The van der Waals surface area contributed by atoms with Gasteiger partial charge in [-0.1, -0.05) is 69.3 Å². The number of benzene rings is 2. The third kappa shape index (κ3) is 5.33. The van der Waals surface area contributed by atoms with E-state index >= 15 is 0 Å². The molecule has 8 nitrogen and oxygen atoms in total. The van der Waals surface area contributed by atoms with Crippen LogP contribution in [0.15, 0.2) is 70.3 Å². The van der Waals surface area contributed by atoms with E-state index in [1.807, 2.05) is 48.9 Å². The lowest BCUT2D eigenvalue weighted by molar-refractivity contribution is -0.114. The molecule has 0 atom stereocenters. The maximum Gasteiger partial charge on any atom is 0.332 e. The lowest BCUT2D eigenvalue weighted by atomic mass is 10.0. The summed E-state index contributed by atoms with van der Waals surface area (Å²) >= 11 is 0. The highest BCUT2D eigenvalue weighted by molar-refractivity contribution is 5.93. The zero-order valence-electron chi connectivity index (χ0n) is 22.0. The molecule has 37 heavy (non-hydrogen) atoms. The van der Waals surface area contributed by atoms with Crippen molar-refractivity contribution in [3.63, 3.8) is 0 Å². The Morgan fingerprint density at radius 2 is 1.73 bits per heavy atom. The van der Waals surface area contributed by atoms with Gasteiger partial charge in [0.1, 0.15) is 5.39 Å². The Morgan fingerprint density at radius 3 is 2.32 bits per heavy atom. The summed E-state index contributed by atoms with van der Waals surface area (Å²) in [5.41, 5.74) is 3.83. The molecule has 0 unspecified atom stereocenters. The SMILES string of the molecule is CC/C=C(\Cn1nc2c(c1-c1ccc(NC(C)=O)cc1)c(=O)n(C)c(=O)n2CC(C)C)c1ccccc1. The number of carbonyl (C=O) groups excluding carboxylic acids is 1. The van der Waals surface area contributed by atoms with Gasteiger partial charge in [-0.2, -0.15) is 5.10 Å². The predicted octanol–water partition coefficient (Wildman–Crippen LogP) is 4.67. The number of carbonyl (C=O) groups is 1. The molecule has 1 amide bonds. The van der Waals surface area contributed by atoms with Crippen molar-refractivity contribution >= 4 is 28.2 Å². The van der Waals surface area contributed by atoms with Crippen LogP contribution in [0, 0.1) is 5.92 Å². The molecule has 1 N–H and O–H groups in total. The number of hydrogen-bond donors (Lipinski definition) is 1. The summed E-state index contributed by atoms with van der Waals surface area (Å²) in [6.07, 6.45) is 3.00. The number of nitrogens with zero attached hydrogens (tertiary/aromatic N) is 4. The number of aromatic nitrogens is 4. The van der Waals surface area contributed by atoms with E-state index in [9.17, 15) is 14.4 Å². The summed E-state index contributed by atoms with van der Waals surface area (Å²) in [5.74, 6) is 0.0239. The van der Waals surface area contributed by atoms with Crippen LogP contribution in [0.5, 0.6) is 0 Å². The van der Waals surface area contributed by atoms with Gasteiger partial charge in [-0.15, -0.1) is 0 Å². The molecule has 192 valence electrons. The van der Waals surface area contributed by atoms with Crippen LogP contribution in [0.3, 0.4) is 0 Å². The van der Waals surface area contributed by atoms with Crippen molar-refractivity contribution < 1.29 is 4.79 Å². The Balaban J connectivity index is 2.00. The zero-order chi connectivity index (χ0) is 26.7. The molecule has 0 spiro atoms. The van der Waals surface area contributed by atoms with E-state index < -0.39 is 0 Å². The average molecular weight is 500 g/mol. The van der Waals surface area contributed by atoms with Gasteiger partial charge in [-0.3, -0.25) is 23.4 Å². The standard InChI is InChI=1S/C29H33N5O3/c1-6-10-23(21-11-8-7-9-12-21)18-34-26(22-13-15-24(16-14-22)30-20(4)35)25-27(31-34)33(17-19(2)3)29(37)32(5)28(25)36/h7-16,19H,6,17-18H2,1-5H3,(H,30,35)/b23-10+. The van der Waals surface area contributed by atoms with E-state index in [0.29, 0.717) is 35.5 Å². The van der Waals surface area contributed by atoms with Gasteiger partial charge in [0.15, 0.2) is 5.65 Å². The van der Waals surface area contributed by atoms with Crippen LogP contribution in [-0.4, -0.2) is 24.8 Å². The lowest BCUT2D eigenvalue weighted by Gasteiger charge is -2.12. The Kier molecular flexibility index (Phi) is 7.57. The van der Waals surface area contributed by atoms with Crippen molar-refractivity contribution in [3.8, 4) is 11.3 Å². The molecule has 0 radical (unpaired) electrons. The smallest absolute Gasteiger partial charge is 0.326 e. The second-order valence-corrected chi connectivity index (χ2v) is 9.62. The zero-order valence-corrected chi connectivity index (χ0v) is 22.0. The van der Waals surface area contributed by atoms with Crippen LogP contribution in [0.4, 0.5) is 5.69 Å². The lowest BCUT2D eigenvalue weighted by Crippen LogP contribution is -2.38. The molecular weight excluding hydrogens is 466 g/mol. The van der Waals surface area contributed by atoms with Gasteiger partial charge in [0, 0.05) is 31.8 Å². The highest BCUT2D eigenvalue weighted by atomic mass is 16.2. The quantitative estimate of drug-likeness (QED) is 0.381. The molecule has 0 aliphatic heterocycles. The molecule has 0 aliphatic rings. The number of anilines is 1. The summed E-state index contributed by atoms with van der Waals surface area (Å²) in [6, 6.07) is 17.4. The predicted molar refractivity (Wildman–Crippen MR) is 149 cm³/mol. The third-order valence-corrected chi connectivity index (χ3v) is 6.17. The molecular formula is C29H33N5O3. The number of allylic oxidation sites excluding steroid dienone is 2. The average Bonchev–Trinajstić information content (AvgIpc) is 3.24. The third-order valence-electron chi connectivity index (χ3n) is 6.17. The molecule has 2 aromatic heterocycles. The molecule has 4 rings (SSSR count). The molecule has 2 aromatic carbocycles. The monoisotopic (exact) mass is 499 g/mol. The summed E-state index contributed by atoms with van der Waals surface area (Å²) in [6.45, 7) is 8.46. The first-order chi connectivity index (χ1) is 17.7. The van der Waals surface area contributed by atoms with Crippen LogP contribution in [-0.2, 0) is 24.9 Å². The minimum Gasteiger partial charge on any atom is -0.326 e. The van der Waals surface area contributed by atoms with Crippen molar-refractivity contribution in [2.75, 3.05) is 5.32 Å². The summed E-state index contributed by atoms with van der Waals surface area (Å²) in [5, 5.41) is 8.06. The van der Waals surface area contributed by atoms with Crippen molar-refractivity contribution in [3.05, 3.63) is 87.1 Å². The van der Waals surface area contributed by atoms with Crippen molar-refractivity contribution in [1.29, 1.82) is 0 Å². The first-order valence-electron chi connectivity index (χ1n) is 12.5. The van der Waals surface area contributed by atoms with Crippen LogP contribution in [0.1, 0.15) is 39.7 Å². The summed E-state index contributed by atoms with van der Waals surface area (Å²) in [4.78, 5) is 38.1. The minimum absolute atomic E-state index is 0.160. The molecule has 0 saturated heterocycles. The van der Waals surface area contributed by atoms with Gasteiger partial charge in [0.25, 0.3) is 5.56 Å². The molecule has 8 heteroatoms. The van der Waals surface area contributed by atoms with Gasteiger partial charge in [0.2, 0.25) is 5.91 Å². The summed E-state index contributed by atoms with van der Waals surface area (Å²) in [7, 11) is 1.51. The van der Waals surface area contributed by atoms with E-state index in [0.717, 1.165) is 27.7 Å². The highest BCUT2D eigenvalue weighted by Gasteiger charge is 2.23. The molecule has 4 aromatic rings. The van der Waals surface area contributed by atoms with E-state index in [-0.39, 0.29) is 23.1 Å². The van der Waals surface area contributed by atoms with E-state index in [4.69, 9.17) is 5.10 Å². The Labute approximate surface area is 215 Å². The van der Waals surface area contributed by atoms with Crippen LogP contribution >= 0.6 is 0 Å².